The number of hydrogen-bond donors (Lipinski definition) is 8. The molecule has 526 valence electrons. The number of aliphatic hydroxyl groups excluding tert-OH is 5. The van der Waals surface area contributed by atoms with Crippen molar-refractivity contribution in [1.29, 1.82) is 0 Å². The molecule has 31 atom stereocenters. The second-order valence-electron chi connectivity index (χ2n) is 25.8. The number of Topliss-reactive ketones (excluding diaryl/α,β-unsaturated/α-hetero) is 1. The van der Waals surface area contributed by atoms with Gasteiger partial charge in [0.25, 0.3) is 5.97 Å². The number of fused-ring (bicyclic) bond motifs is 4. The van der Waals surface area contributed by atoms with Crippen molar-refractivity contribution in [2.24, 2.45) is 5.92 Å². The monoisotopic (exact) mass is 1370 g/mol. The number of carbonyl (C=O) groups excluding carboxylic acids is 3. The summed E-state index contributed by atoms with van der Waals surface area (Å²) in [4.78, 5) is 39.5. The van der Waals surface area contributed by atoms with Crippen molar-refractivity contribution < 1.29 is 155 Å². The van der Waals surface area contributed by atoms with Gasteiger partial charge < -0.3 is 140 Å². The van der Waals surface area contributed by atoms with E-state index in [0.29, 0.717) is 0 Å². The van der Waals surface area contributed by atoms with Crippen molar-refractivity contribution in [2.45, 2.75) is 277 Å². The number of halogens is 2. The SMILES string of the molecule is COC[C@H]1O[C@@H](O[C@H]2OC[C@@H]3O[C@]4(O[C@H]3[C@H]2OC(=O)C(C)C)O[C@H](C)[C@@](O)(C(C)=O)[C@@H]2OCO[C@H]24)[C@@H](OC)[C@@H](O)[C@@H]1O[C@@H]1O[C@H](C)[C@H](O)[C@H](O[C@H]2C[C@@]3(C)OC4(C[C@@H](O)[C@H](O[C@H]5C[C@@H](O)[C@H](OC(=O)c6c(C)c(Cl)c(O)c(Cl)c6O)[C@@H](C)O5)[C@@H](C)O4)O[C@@H]3[C@@H](C)O2)[C@H]1O. The van der Waals surface area contributed by atoms with E-state index >= 15 is 0 Å². The topological polar surface area (TPSA) is 407 Å². The van der Waals surface area contributed by atoms with E-state index in [1.54, 1.807) is 34.6 Å². The number of methoxy groups -OCH3 is 2. The van der Waals surface area contributed by atoms with Crippen LogP contribution >= 0.6 is 23.2 Å². The Hall–Kier alpha value is -2.99. The minimum atomic E-state index is -2.13. The van der Waals surface area contributed by atoms with Gasteiger partial charge in [0.2, 0.25) is 6.29 Å². The summed E-state index contributed by atoms with van der Waals surface area (Å²) in [6, 6.07) is 0. The van der Waals surface area contributed by atoms with Crippen LogP contribution in [0, 0.1) is 12.8 Å². The van der Waals surface area contributed by atoms with Gasteiger partial charge >= 0.3 is 17.9 Å². The van der Waals surface area contributed by atoms with Crippen LogP contribution in [0.5, 0.6) is 11.5 Å². The van der Waals surface area contributed by atoms with Crippen LogP contribution in [-0.4, -0.2) is 282 Å². The van der Waals surface area contributed by atoms with Gasteiger partial charge in [0, 0.05) is 27.1 Å². The lowest BCUT2D eigenvalue weighted by molar-refractivity contribution is -0.428. The predicted octanol–water partition coefficient (Wildman–Crippen LogP) is 0.0949. The highest BCUT2D eigenvalue weighted by Gasteiger charge is 2.73. The summed E-state index contributed by atoms with van der Waals surface area (Å²) in [6.07, 6.45) is -34.9. The quantitative estimate of drug-likeness (QED) is 0.102. The van der Waals surface area contributed by atoms with Gasteiger partial charge in [-0.2, -0.15) is 0 Å². The van der Waals surface area contributed by atoms with Gasteiger partial charge in [-0.25, -0.2) is 4.79 Å². The minimum absolute atomic E-state index is 0.0118. The molecular weight excluding hydrogens is 1290 g/mol. The number of aromatic hydroxyl groups is 2. The summed E-state index contributed by atoms with van der Waals surface area (Å²) < 4.78 is 129. The highest BCUT2D eigenvalue weighted by molar-refractivity contribution is 6.39. The van der Waals surface area contributed by atoms with Gasteiger partial charge in [0.1, 0.15) is 96.2 Å². The Morgan fingerprint density at radius 1 is 0.645 bits per heavy atom. The summed E-state index contributed by atoms with van der Waals surface area (Å²) in [6.45, 7) is 14.5. The molecule has 1 aromatic rings. The molecule has 34 heteroatoms. The van der Waals surface area contributed by atoms with E-state index in [4.69, 9.17) is 123 Å². The maximum atomic E-state index is 13.4. The normalized spacial score (nSPS) is 48.1. The summed E-state index contributed by atoms with van der Waals surface area (Å²) in [5.41, 5.74) is -3.80. The largest absolute Gasteiger partial charge is 0.505 e. The molecule has 93 heavy (non-hydrogen) atoms. The molecule has 8 N–H and O–H groups in total. The summed E-state index contributed by atoms with van der Waals surface area (Å²) in [5, 5.41) is 90.1. The number of aliphatic hydroxyl groups is 6. The molecule has 0 saturated carbocycles. The number of rotatable bonds is 16. The molecule has 10 aliphatic rings. The minimum Gasteiger partial charge on any atom is -0.505 e. The fourth-order valence-corrected chi connectivity index (χ4v) is 14.5. The molecule has 1 aromatic carbocycles. The van der Waals surface area contributed by atoms with Gasteiger partial charge in [-0.1, -0.05) is 37.0 Å². The molecule has 0 aromatic heterocycles. The van der Waals surface area contributed by atoms with E-state index in [-0.39, 0.29) is 49.9 Å². The Morgan fingerprint density at radius 2 is 1.34 bits per heavy atom. The van der Waals surface area contributed by atoms with Crippen LogP contribution in [0.4, 0.5) is 0 Å². The molecule has 10 fully saturated rings. The standard InChI is InChI=1S/C59H84Cl2O32/c1-19(2)51(70)85-47-44-30(90-59(91-44)50-49(76-18-77-50)58(72,25(8)62)26(9)89-59)17-75-54(47)87-55-46(74-12)39(68)43(29(81-55)16-73-11)86-53-40(69)45(36(65)21(4)80-53)83-32-15-56(10)48(24(7)79-32)92-57(93-56)14-28(64)42(23(6)88-57)82-31-13-27(63)41(22(5)78-31)84-52(71)33-20(3)34(60)38(67)35(61)37(33)66/h19,21-24,26-32,36,39-50,53-55,63-69,72H,13-18H2,1-12H3/t21-,22-,23-,24-,26-,27-,28-,29-,30+,31+,32+,36+,39+,40-,41-,42-,43-,44-,45+,46+,47-,48-,49-,50-,53+,54-,55+,56-,57?,58+,59-/m1/s1. The smallest absolute Gasteiger partial charge is 0.342 e. The fraction of sp³-hybridized carbons (Fsp3) is 0.847. The Morgan fingerprint density at radius 3 is 2.01 bits per heavy atom. The van der Waals surface area contributed by atoms with Crippen LogP contribution in [0.15, 0.2) is 0 Å². The van der Waals surface area contributed by atoms with Gasteiger partial charge in [-0.05, 0) is 61.0 Å². The third-order valence-corrected chi connectivity index (χ3v) is 19.8. The second-order valence-corrected chi connectivity index (χ2v) is 26.6. The van der Waals surface area contributed by atoms with Gasteiger partial charge in [-0.15, -0.1) is 0 Å². The highest BCUT2D eigenvalue weighted by Crippen LogP contribution is 2.53. The van der Waals surface area contributed by atoms with Gasteiger partial charge in [0.05, 0.1) is 73.3 Å². The third kappa shape index (κ3) is 13.0. The molecule has 0 radical (unpaired) electrons. The van der Waals surface area contributed by atoms with Gasteiger partial charge in [-0.3, -0.25) is 9.59 Å². The Kier molecular flexibility index (Phi) is 20.9. The number of hydrogen-bond acceptors (Lipinski definition) is 32. The Labute approximate surface area is 544 Å². The number of phenolic OH excluding ortho intramolecular Hbond substituents is 2. The van der Waals surface area contributed by atoms with Crippen molar-refractivity contribution in [1.82, 2.24) is 0 Å². The van der Waals surface area contributed by atoms with Crippen molar-refractivity contribution >= 4 is 40.9 Å². The van der Waals surface area contributed by atoms with E-state index in [1.807, 2.05) is 0 Å². The zero-order valence-corrected chi connectivity index (χ0v) is 54.6. The molecule has 1 unspecified atom stereocenters. The number of ether oxygens (including phenoxy) is 21. The summed E-state index contributed by atoms with van der Waals surface area (Å²) >= 11 is 12.1. The number of carbonyl (C=O) groups is 3. The zero-order valence-electron chi connectivity index (χ0n) is 53.0. The molecule has 0 aliphatic carbocycles. The first kappa shape index (κ1) is 71.3. The molecular formula is C59H84Cl2O32. The van der Waals surface area contributed by atoms with Crippen molar-refractivity contribution in [3.05, 3.63) is 21.2 Å². The average Bonchev–Trinajstić information content (AvgIpc) is 1.59. The van der Waals surface area contributed by atoms with Crippen molar-refractivity contribution in [3.8, 4) is 11.5 Å². The van der Waals surface area contributed by atoms with Crippen LogP contribution in [0.25, 0.3) is 0 Å². The van der Waals surface area contributed by atoms with Crippen LogP contribution in [-0.2, 0) is 109 Å². The maximum absolute atomic E-state index is 13.4. The number of esters is 2. The Balaban J connectivity index is 0.715. The summed E-state index contributed by atoms with van der Waals surface area (Å²) in [5.74, 6) is -8.37. The molecule has 10 aliphatic heterocycles. The maximum Gasteiger partial charge on any atom is 0.342 e. The Bertz CT molecular complexity index is 2820. The molecule has 0 amide bonds. The van der Waals surface area contributed by atoms with E-state index in [0.717, 1.165) is 0 Å². The van der Waals surface area contributed by atoms with Gasteiger partial charge in [0.15, 0.2) is 66.4 Å². The molecule has 0 bridgehead atoms. The fourth-order valence-electron chi connectivity index (χ4n) is 14.1. The van der Waals surface area contributed by atoms with Crippen molar-refractivity contribution in [2.75, 3.05) is 34.2 Å². The molecule has 2 spiro atoms. The lowest BCUT2D eigenvalue weighted by Gasteiger charge is -2.49. The van der Waals surface area contributed by atoms with Crippen LogP contribution in [0.3, 0.4) is 0 Å². The number of phenols is 2. The molecule has 10 saturated heterocycles. The van der Waals surface area contributed by atoms with Crippen LogP contribution in [0.2, 0.25) is 10.0 Å². The first-order chi connectivity index (χ1) is 43.8. The molecule has 11 rings (SSSR count). The number of benzene rings is 1. The zero-order chi connectivity index (χ0) is 67.5. The van der Waals surface area contributed by atoms with E-state index < -0.39 is 235 Å². The lowest BCUT2D eigenvalue weighted by atomic mass is 9.81. The van der Waals surface area contributed by atoms with E-state index in [9.17, 15) is 55.2 Å². The predicted molar refractivity (Wildman–Crippen MR) is 303 cm³/mol. The van der Waals surface area contributed by atoms with E-state index in [1.165, 1.54) is 48.8 Å². The number of ketones is 1. The van der Waals surface area contributed by atoms with Crippen molar-refractivity contribution in [3.63, 3.8) is 0 Å². The van der Waals surface area contributed by atoms with Crippen LogP contribution in [0.1, 0.15) is 97.5 Å². The van der Waals surface area contributed by atoms with Crippen LogP contribution < -0.4 is 0 Å². The third-order valence-electron chi connectivity index (χ3n) is 19.0. The molecule has 10 heterocycles. The lowest BCUT2D eigenvalue weighted by Crippen LogP contribution is -2.72. The summed E-state index contributed by atoms with van der Waals surface area (Å²) in [7, 11) is 2.64. The highest BCUT2D eigenvalue weighted by atomic mass is 35.5. The van der Waals surface area contributed by atoms with E-state index in [2.05, 4.69) is 0 Å². The second kappa shape index (κ2) is 27.3. The first-order valence-corrected chi connectivity index (χ1v) is 31.7. The first-order valence-electron chi connectivity index (χ1n) is 30.9. The average molecular weight is 1380 g/mol. The molecule has 32 nitrogen and oxygen atoms in total.